The van der Waals surface area contributed by atoms with E-state index in [1.165, 1.54) is 12.8 Å². The van der Waals surface area contributed by atoms with Gasteiger partial charge in [-0.05, 0) is 31.1 Å². The second-order valence-corrected chi connectivity index (χ2v) is 6.32. The Bertz CT molecular complexity index is 216. The number of carbonyl (C=O) groups is 1. The normalized spacial score (nSPS) is 20.5. The lowest BCUT2D eigenvalue weighted by molar-refractivity contribution is -0.129. The summed E-state index contributed by atoms with van der Waals surface area (Å²) < 4.78 is 0. The Morgan fingerprint density at radius 2 is 1.73 bits per heavy atom. The number of Topliss-reactive ketones (excluding diaryl/α,β-unsaturated/α-hetero) is 1. The molecule has 0 atom stereocenters. The largest absolute Gasteiger partial charge is 0.299 e. The van der Waals surface area contributed by atoms with E-state index in [1.54, 1.807) is 0 Å². The molecule has 0 amide bonds. The molecular formula is C14H26O. The quantitative estimate of drug-likeness (QED) is 0.674. The number of rotatable bonds is 4. The van der Waals surface area contributed by atoms with E-state index in [2.05, 4.69) is 27.7 Å². The van der Waals surface area contributed by atoms with Crippen LogP contribution < -0.4 is 0 Å². The highest BCUT2D eigenvalue weighted by Gasteiger charge is 2.38. The van der Waals surface area contributed by atoms with Crippen molar-refractivity contribution in [3.05, 3.63) is 0 Å². The summed E-state index contributed by atoms with van der Waals surface area (Å²) in [6.07, 6.45) is 7.68. The van der Waals surface area contributed by atoms with Crippen molar-refractivity contribution in [1.29, 1.82) is 0 Å². The van der Waals surface area contributed by atoms with Crippen LogP contribution in [0.4, 0.5) is 0 Å². The van der Waals surface area contributed by atoms with Crippen molar-refractivity contribution in [2.75, 3.05) is 0 Å². The summed E-state index contributed by atoms with van der Waals surface area (Å²) in [4.78, 5) is 12.2. The van der Waals surface area contributed by atoms with Crippen molar-refractivity contribution in [1.82, 2.24) is 0 Å². The first-order valence-corrected chi connectivity index (χ1v) is 6.43. The molecule has 1 rings (SSSR count). The molecule has 0 aromatic rings. The zero-order valence-electron chi connectivity index (χ0n) is 10.9. The fourth-order valence-corrected chi connectivity index (χ4v) is 2.64. The summed E-state index contributed by atoms with van der Waals surface area (Å²) in [5.74, 6) is 0.539. The Morgan fingerprint density at radius 1 is 1.20 bits per heavy atom. The summed E-state index contributed by atoms with van der Waals surface area (Å²) in [6, 6.07) is 0. The van der Waals surface area contributed by atoms with E-state index < -0.39 is 0 Å². The van der Waals surface area contributed by atoms with Crippen molar-refractivity contribution in [2.24, 2.45) is 10.8 Å². The SMILES string of the molecule is CCC1(C(=O)CCC(C)(C)C)CCCC1. The average molecular weight is 210 g/mol. The maximum Gasteiger partial charge on any atom is 0.139 e. The monoisotopic (exact) mass is 210 g/mol. The van der Waals surface area contributed by atoms with Gasteiger partial charge in [0, 0.05) is 11.8 Å². The molecule has 0 unspecified atom stereocenters. The second kappa shape index (κ2) is 4.67. The molecule has 0 spiro atoms. The summed E-state index contributed by atoms with van der Waals surface area (Å²) in [5.41, 5.74) is 0.369. The zero-order chi connectivity index (χ0) is 11.5. The third kappa shape index (κ3) is 3.32. The maximum atomic E-state index is 12.2. The minimum absolute atomic E-state index is 0.0747. The molecule has 1 nitrogen and oxygen atoms in total. The summed E-state index contributed by atoms with van der Waals surface area (Å²) in [6.45, 7) is 8.83. The molecular weight excluding hydrogens is 184 g/mol. The summed E-state index contributed by atoms with van der Waals surface area (Å²) >= 11 is 0. The molecule has 0 heterocycles. The highest BCUT2D eigenvalue weighted by atomic mass is 16.1. The van der Waals surface area contributed by atoms with Gasteiger partial charge in [-0.2, -0.15) is 0 Å². The Balaban J connectivity index is 2.51. The molecule has 15 heavy (non-hydrogen) atoms. The molecule has 0 N–H and O–H groups in total. The third-order valence-electron chi connectivity index (χ3n) is 3.93. The van der Waals surface area contributed by atoms with E-state index in [-0.39, 0.29) is 5.41 Å². The first-order chi connectivity index (χ1) is 6.90. The zero-order valence-corrected chi connectivity index (χ0v) is 10.9. The van der Waals surface area contributed by atoms with E-state index in [9.17, 15) is 4.79 Å². The fraction of sp³-hybridized carbons (Fsp3) is 0.929. The number of hydrogen-bond donors (Lipinski definition) is 0. The Labute approximate surface area is 94.6 Å². The van der Waals surface area contributed by atoms with Crippen LogP contribution in [-0.4, -0.2) is 5.78 Å². The van der Waals surface area contributed by atoms with Gasteiger partial charge in [0.25, 0.3) is 0 Å². The van der Waals surface area contributed by atoms with E-state index >= 15 is 0 Å². The van der Waals surface area contributed by atoms with Crippen molar-refractivity contribution in [2.45, 2.75) is 72.6 Å². The van der Waals surface area contributed by atoms with Gasteiger partial charge < -0.3 is 0 Å². The lowest BCUT2D eigenvalue weighted by atomic mass is 9.75. The van der Waals surface area contributed by atoms with Crippen LogP contribution in [0, 0.1) is 10.8 Å². The molecule has 1 aliphatic rings. The van der Waals surface area contributed by atoms with Crippen LogP contribution in [0.3, 0.4) is 0 Å². The van der Waals surface area contributed by atoms with Gasteiger partial charge in [-0.3, -0.25) is 4.79 Å². The molecule has 0 aliphatic heterocycles. The number of ketones is 1. The molecule has 1 aliphatic carbocycles. The van der Waals surface area contributed by atoms with Crippen molar-refractivity contribution in [3.8, 4) is 0 Å². The van der Waals surface area contributed by atoms with Crippen LogP contribution in [0.15, 0.2) is 0 Å². The molecule has 0 aromatic heterocycles. The number of carbonyl (C=O) groups excluding carboxylic acids is 1. The van der Waals surface area contributed by atoms with E-state index in [0.717, 1.165) is 32.1 Å². The van der Waals surface area contributed by atoms with E-state index in [4.69, 9.17) is 0 Å². The third-order valence-corrected chi connectivity index (χ3v) is 3.93. The van der Waals surface area contributed by atoms with Crippen LogP contribution in [-0.2, 0) is 4.79 Å². The molecule has 1 heteroatoms. The Hall–Kier alpha value is -0.330. The smallest absolute Gasteiger partial charge is 0.139 e. The molecule has 88 valence electrons. The van der Waals surface area contributed by atoms with Gasteiger partial charge in [0.2, 0.25) is 0 Å². The lowest BCUT2D eigenvalue weighted by Gasteiger charge is -2.27. The van der Waals surface area contributed by atoms with E-state index in [1.807, 2.05) is 0 Å². The predicted molar refractivity (Wildman–Crippen MR) is 64.9 cm³/mol. The molecule has 0 aromatic carbocycles. The van der Waals surface area contributed by atoms with Gasteiger partial charge in [-0.15, -0.1) is 0 Å². The molecule has 1 fully saturated rings. The minimum atomic E-state index is 0.0747. The predicted octanol–water partition coefficient (Wildman–Crippen LogP) is 4.35. The van der Waals surface area contributed by atoms with E-state index in [0.29, 0.717) is 11.2 Å². The topological polar surface area (TPSA) is 17.1 Å². The minimum Gasteiger partial charge on any atom is -0.299 e. The second-order valence-electron chi connectivity index (χ2n) is 6.32. The van der Waals surface area contributed by atoms with Gasteiger partial charge in [-0.1, -0.05) is 40.5 Å². The fourth-order valence-electron chi connectivity index (χ4n) is 2.64. The summed E-state index contributed by atoms with van der Waals surface area (Å²) in [7, 11) is 0. The first-order valence-electron chi connectivity index (χ1n) is 6.43. The molecule has 1 saturated carbocycles. The molecule has 0 saturated heterocycles. The van der Waals surface area contributed by atoms with Crippen LogP contribution in [0.5, 0.6) is 0 Å². The molecule has 0 bridgehead atoms. The standard InChI is InChI=1S/C14H26O/c1-5-14(9-6-7-10-14)12(15)8-11-13(2,3)4/h5-11H2,1-4H3. The van der Waals surface area contributed by atoms with Crippen LogP contribution in [0.2, 0.25) is 0 Å². The Kier molecular flexibility index (Phi) is 3.97. The average Bonchev–Trinajstić information content (AvgIpc) is 2.62. The summed E-state index contributed by atoms with van der Waals surface area (Å²) in [5, 5.41) is 0. The van der Waals surface area contributed by atoms with Crippen LogP contribution in [0.25, 0.3) is 0 Å². The van der Waals surface area contributed by atoms with Gasteiger partial charge in [0.1, 0.15) is 5.78 Å². The van der Waals surface area contributed by atoms with Gasteiger partial charge in [0.05, 0.1) is 0 Å². The van der Waals surface area contributed by atoms with Gasteiger partial charge in [-0.25, -0.2) is 0 Å². The molecule has 0 radical (unpaired) electrons. The van der Waals surface area contributed by atoms with Crippen molar-refractivity contribution in [3.63, 3.8) is 0 Å². The van der Waals surface area contributed by atoms with Gasteiger partial charge >= 0.3 is 0 Å². The highest BCUT2D eigenvalue weighted by Crippen LogP contribution is 2.43. The van der Waals surface area contributed by atoms with Crippen molar-refractivity contribution >= 4 is 5.78 Å². The van der Waals surface area contributed by atoms with Crippen LogP contribution >= 0.6 is 0 Å². The maximum absolute atomic E-state index is 12.2. The highest BCUT2D eigenvalue weighted by molar-refractivity contribution is 5.85. The number of hydrogen-bond acceptors (Lipinski definition) is 1. The van der Waals surface area contributed by atoms with Gasteiger partial charge in [0.15, 0.2) is 0 Å². The lowest BCUT2D eigenvalue weighted by Crippen LogP contribution is -2.28. The Morgan fingerprint density at radius 3 is 2.13 bits per heavy atom. The van der Waals surface area contributed by atoms with Crippen LogP contribution in [0.1, 0.15) is 72.6 Å². The van der Waals surface area contributed by atoms with Crippen molar-refractivity contribution < 1.29 is 4.79 Å². The first kappa shape index (κ1) is 12.7.